The summed E-state index contributed by atoms with van der Waals surface area (Å²) in [7, 11) is 0. The molecular formula is C17H27NO. The van der Waals surface area contributed by atoms with E-state index in [4.69, 9.17) is 0 Å². The largest absolute Gasteiger partial charge is 0.312 e. The van der Waals surface area contributed by atoms with Gasteiger partial charge >= 0.3 is 0 Å². The minimum absolute atomic E-state index is 0.155. The second-order valence-electron chi connectivity index (χ2n) is 7.20. The smallest absolute Gasteiger partial charge is 0.168 e. The number of hydrogen-bond donors (Lipinski definition) is 1. The molecule has 0 spiro atoms. The van der Waals surface area contributed by atoms with Crippen molar-refractivity contribution in [3.8, 4) is 0 Å². The van der Waals surface area contributed by atoms with Gasteiger partial charge in [-0.1, -0.05) is 45.0 Å². The van der Waals surface area contributed by atoms with Gasteiger partial charge in [0.05, 0.1) is 0 Å². The minimum atomic E-state index is -0.310. The van der Waals surface area contributed by atoms with Gasteiger partial charge in [0.1, 0.15) is 0 Å². The molecule has 0 aromatic heterocycles. The summed E-state index contributed by atoms with van der Waals surface area (Å²) in [6.45, 7) is 13.3. The zero-order valence-corrected chi connectivity index (χ0v) is 13.1. The summed E-state index contributed by atoms with van der Waals surface area (Å²) >= 11 is 0. The van der Waals surface area contributed by atoms with Crippen molar-refractivity contribution in [1.82, 2.24) is 5.32 Å². The maximum absolute atomic E-state index is 12.1. The average Bonchev–Trinajstić information content (AvgIpc) is 2.26. The van der Waals surface area contributed by atoms with Gasteiger partial charge in [-0.3, -0.25) is 4.79 Å². The van der Waals surface area contributed by atoms with Crippen molar-refractivity contribution in [1.29, 1.82) is 0 Å². The molecule has 1 rings (SSSR count). The van der Waals surface area contributed by atoms with E-state index in [0.29, 0.717) is 0 Å². The van der Waals surface area contributed by atoms with E-state index in [0.717, 1.165) is 18.5 Å². The maximum atomic E-state index is 12.1. The molecule has 0 heterocycles. The van der Waals surface area contributed by atoms with Crippen LogP contribution in [0.5, 0.6) is 0 Å². The summed E-state index contributed by atoms with van der Waals surface area (Å²) in [6.07, 6.45) is 0.987. The van der Waals surface area contributed by atoms with Gasteiger partial charge in [0.25, 0.3) is 0 Å². The van der Waals surface area contributed by atoms with Crippen LogP contribution >= 0.6 is 0 Å². The second kappa shape index (κ2) is 5.87. The molecule has 0 aliphatic carbocycles. The number of Topliss-reactive ketones (excluding diaryl/α,β-unsaturated/α-hetero) is 1. The number of carbonyl (C=O) groups is 1. The molecule has 1 N–H and O–H groups in total. The van der Waals surface area contributed by atoms with E-state index in [2.05, 4.69) is 38.2 Å². The summed E-state index contributed by atoms with van der Waals surface area (Å²) in [5.41, 5.74) is 1.92. The van der Waals surface area contributed by atoms with Gasteiger partial charge < -0.3 is 5.32 Å². The summed E-state index contributed by atoms with van der Waals surface area (Å²) in [4.78, 5) is 12.1. The van der Waals surface area contributed by atoms with Crippen LogP contribution in [0.25, 0.3) is 0 Å². The summed E-state index contributed by atoms with van der Waals surface area (Å²) in [5, 5.41) is 3.47. The number of hydrogen-bond acceptors (Lipinski definition) is 2. The Morgan fingerprint density at radius 1 is 1.00 bits per heavy atom. The molecule has 0 radical (unpaired) electrons. The summed E-state index contributed by atoms with van der Waals surface area (Å²) in [5.74, 6) is 0.201. The lowest BCUT2D eigenvalue weighted by atomic mass is 9.86. The van der Waals surface area contributed by atoms with Crippen LogP contribution in [0.4, 0.5) is 0 Å². The summed E-state index contributed by atoms with van der Waals surface area (Å²) < 4.78 is 0. The molecule has 0 bridgehead atoms. The number of ketones is 1. The zero-order valence-electron chi connectivity index (χ0n) is 13.1. The maximum Gasteiger partial charge on any atom is 0.168 e. The standard InChI is InChI=1S/C17H27NO/c1-16(2,3)15(19)14-9-7-13(8-10-14)11-12-18-17(4,5)6/h7-10,18H,11-12H2,1-6H3. The Balaban J connectivity index is 2.60. The quantitative estimate of drug-likeness (QED) is 0.834. The second-order valence-corrected chi connectivity index (χ2v) is 7.20. The number of nitrogens with one attached hydrogen (secondary N) is 1. The van der Waals surface area contributed by atoms with Gasteiger partial charge in [0, 0.05) is 16.5 Å². The van der Waals surface area contributed by atoms with Gasteiger partial charge in [-0.2, -0.15) is 0 Å². The first-order valence-corrected chi connectivity index (χ1v) is 6.98. The Bertz CT molecular complexity index is 418. The first-order chi connectivity index (χ1) is 8.59. The summed E-state index contributed by atoms with van der Waals surface area (Å²) in [6, 6.07) is 8.01. The predicted molar refractivity (Wildman–Crippen MR) is 81.7 cm³/mol. The number of carbonyl (C=O) groups excluding carboxylic acids is 1. The molecule has 0 unspecified atom stereocenters. The fourth-order valence-corrected chi connectivity index (χ4v) is 1.84. The van der Waals surface area contributed by atoms with E-state index in [-0.39, 0.29) is 16.7 Å². The van der Waals surface area contributed by atoms with Crippen LogP contribution in [0.15, 0.2) is 24.3 Å². The Morgan fingerprint density at radius 3 is 1.95 bits per heavy atom. The van der Waals surface area contributed by atoms with E-state index >= 15 is 0 Å². The lowest BCUT2D eigenvalue weighted by molar-refractivity contribution is 0.0858. The highest BCUT2D eigenvalue weighted by atomic mass is 16.1. The van der Waals surface area contributed by atoms with E-state index in [1.807, 2.05) is 32.9 Å². The third kappa shape index (κ3) is 5.56. The van der Waals surface area contributed by atoms with Crippen LogP contribution in [0, 0.1) is 5.41 Å². The van der Waals surface area contributed by atoms with Crippen LogP contribution in [-0.2, 0) is 6.42 Å². The van der Waals surface area contributed by atoms with Gasteiger partial charge in [0.15, 0.2) is 5.78 Å². The monoisotopic (exact) mass is 261 g/mol. The fourth-order valence-electron chi connectivity index (χ4n) is 1.84. The molecule has 0 saturated carbocycles. The Labute approximate surface area is 117 Å². The molecule has 0 saturated heterocycles. The molecule has 1 aromatic carbocycles. The van der Waals surface area contributed by atoms with Crippen LogP contribution in [0.1, 0.15) is 57.5 Å². The highest BCUT2D eigenvalue weighted by molar-refractivity contribution is 5.99. The number of benzene rings is 1. The Kier molecular flexibility index (Phi) is 4.92. The van der Waals surface area contributed by atoms with Crippen molar-refractivity contribution in [3.05, 3.63) is 35.4 Å². The van der Waals surface area contributed by atoms with Crippen molar-refractivity contribution in [2.75, 3.05) is 6.54 Å². The van der Waals surface area contributed by atoms with Crippen LogP contribution in [0.2, 0.25) is 0 Å². The highest BCUT2D eigenvalue weighted by Gasteiger charge is 2.22. The minimum Gasteiger partial charge on any atom is -0.312 e. The normalized spacial score (nSPS) is 12.5. The molecule has 2 nitrogen and oxygen atoms in total. The van der Waals surface area contributed by atoms with Gasteiger partial charge in [-0.05, 0) is 39.3 Å². The van der Waals surface area contributed by atoms with E-state index in [9.17, 15) is 4.79 Å². The van der Waals surface area contributed by atoms with E-state index < -0.39 is 0 Å². The van der Waals surface area contributed by atoms with Crippen LogP contribution < -0.4 is 5.32 Å². The zero-order chi connectivity index (χ0) is 14.7. The third-order valence-electron chi connectivity index (χ3n) is 2.97. The molecule has 106 valence electrons. The first-order valence-electron chi connectivity index (χ1n) is 6.98. The lowest BCUT2D eigenvalue weighted by Gasteiger charge is -2.20. The molecule has 2 heteroatoms. The van der Waals surface area contributed by atoms with Gasteiger partial charge in [0.2, 0.25) is 0 Å². The molecule has 0 amide bonds. The van der Waals surface area contributed by atoms with Crippen LogP contribution in [0.3, 0.4) is 0 Å². The predicted octanol–water partition coefficient (Wildman–Crippen LogP) is 3.85. The highest BCUT2D eigenvalue weighted by Crippen LogP contribution is 2.21. The topological polar surface area (TPSA) is 29.1 Å². The van der Waals surface area contributed by atoms with E-state index in [1.54, 1.807) is 0 Å². The molecule has 0 aliphatic heterocycles. The van der Waals surface area contributed by atoms with Crippen molar-refractivity contribution >= 4 is 5.78 Å². The van der Waals surface area contributed by atoms with Crippen molar-refractivity contribution in [2.24, 2.45) is 5.41 Å². The molecule has 0 atom stereocenters. The van der Waals surface area contributed by atoms with E-state index in [1.165, 1.54) is 5.56 Å². The molecule has 0 fully saturated rings. The molecule has 19 heavy (non-hydrogen) atoms. The lowest BCUT2D eigenvalue weighted by Crippen LogP contribution is -2.37. The van der Waals surface area contributed by atoms with Crippen molar-refractivity contribution in [2.45, 2.75) is 53.5 Å². The molecule has 0 aliphatic rings. The van der Waals surface area contributed by atoms with Crippen molar-refractivity contribution < 1.29 is 4.79 Å². The van der Waals surface area contributed by atoms with Gasteiger partial charge in [-0.15, -0.1) is 0 Å². The fraction of sp³-hybridized carbons (Fsp3) is 0.588. The molecular weight excluding hydrogens is 234 g/mol. The Hall–Kier alpha value is -1.15. The number of rotatable bonds is 4. The average molecular weight is 261 g/mol. The van der Waals surface area contributed by atoms with Crippen LogP contribution in [-0.4, -0.2) is 17.9 Å². The SMILES string of the molecule is CC(C)(C)NCCc1ccc(C(=O)C(C)(C)C)cc1. The molecule has 1 aromatic rings. The third-order valence-corrected chi connectivity index (χ3v) is 2.97. The van der Waals surface area contributed by atoms with Crippen molar-refractivity contribution in [3.63, 3.8) is 0 Å². The first kappa shape index (κ1) is 15.9. The van der Waals surface area contributed by atoms with Gasteiger partial charge in [-0.25, -0.2) is 0 Å². The Morgan fingerprint density at radius 2 is 1.53 bits per heavy atom.